The van der Waals surface area contributed by atoms with Gasteiger partial charge in [-0.15, -0.1) is 0 Å². The fourth-order valence-electron chi connectivity index (χ4n) is 2.17. The number of carbonyl (C=O) groups is 1. The number of hydrogen-bond acceptors (Lipinski definition) is 4. The van der Waals surface area contributed by atoms with E-state index < -0.39 is 0 Å². The van der Waals surface area contributed by atoms with Crippen LogP contribution in [0.3, 0.4) is 0 Å². The Morgan fingerprint density at radius 3 is 2.85 bits per heavy atom. The van der Waals surface area contributed by atoms with Gasteiger partial charge in [0.25, 0.3) is 0 Å². The van der Waals surface area contributed by atoms with Crippen LogP contribution in [0.4, 0.5) is 0 Å². The Kier molecular flexibility index (Phi) is 4.98. The highest BCUT2D eigenvalue weighted by Crippen LogP contribution is 2.21. The van der Waals surface area contributed by atoms with Crippen LogP contribution in [0.2, 0.25) is 0 Å². The number of amides is 1. The van der Waals surface area contributed by atoms with Gasteiger partial charge < -0.3 is 15.8 Å². The Hall–Kier alpha value is -1.59. The molecule has 0 radical (unpaired) electrons. The van der Waals surface area contributed by atoms with E-state index in [-0.39, 0.29) is 5.91 Å². The zero-order valence-corrected chi connectivity index (χ0v) is 12.2. The third-order valence-electron chi connectivity index (χ3n) is 3.38. The molecular formula is C15H23N3O2. The summed E-state index contributed by atoms with van der Waals surface area (Å²) in [7, 11) is 3.58. The Morgan fingerprint density at radius 2 is 2.25 bits per heavy atom. The Bertz CT molecular complexity index is 472. The van der Waals surface area contributed by atoms with Crippen molar-refractivity contribution in [3.8, 4) is 5.75 Å². The van der Waals surface area contributed by atoms with Gasteiger partial charge in [0.2, 0.25) is 5.91 Å². The lowest BCUT2D eigenvalue weighted by Crippen LogP contribution is -2.35. The van der Waals surface area contributed by atoms with E-state index in [1.165, 1.54) is 0 Å². The molecule has 1 saturated carbocycles. The molecule has 1 amide bonds. The molecule has 0 bridgehead atoms. The van der Waals surface area contributed by atoms with E-state index in [0.717, 1.165) is 29.7 Å². The number of nitrogens with one attached hydrogen (secondary N) is 1. The molecule has 0 heterocycles. The maximum Gasteiger partial charge on any atom is 0.234 e. The van der Waals surface area contributed by atoms with Gasteiger partial charge in [0.15, 0.2) is 0 Å². The molecule has 0 atom stereocenters. The zero-order chi connectivity index (χ0) is 14.5. The maximum absolute atomic E-state index is 11.7. The van der Waals surface area contributed by atoms with Crippen LogP contribution < -0.4 is 15.8 Å². The molecule has 0 unspecified atom stereocenters. The molecule has 5 heteroatoms. The topological polar surface area (TPSA) is 67.6 Å². The normalized spacial score (nSPS) is 14.4. The monoisotopic (exact) mass is 277 g/mol. The van der Waals surface area contributed by atoms with E-state index in [4.69, 9.17) is 10.5 Å². The number of nitrogens with zero attached hydrogens (tertiary/aromatic N) is 1. The van der Waals surface area contributed by atoms with Crippen LogP contribution in [0, 0.1) is 0 Å². The zero-order valence-electron chi connectivity index (χ0n) is 12.2. The smallest absolute Gasteiger partial charge is 0.234 e. The van der Waals surface area contributed by atoms with Crippen molar-refractivity contribution in [2.24, 2.45) is 5.73 Å². The molecular weight excluding hydrogens is 254 g/mol. The summed E-state index contributed by atoms with van der Waals surface area (Å²) in [5.74, 6) is 0.904. The summed E-state index contributed by atoms with van der Waals surface area (Å²) in [4.78, 5) is 13.7. The molecule has 0 spiro atoms. The van der Waals surface area contributed by atoms with E-state index in [9.17, 15) is 4.79 Å². The standard InChI is InChI=1S/C15H23N3O2/c1-18(10-15(19)17-13-5-6-13)9-11-3-4-12(8-16)14(7-11)20-2/h3-4,7,13H,5-6,8-10,16H2,1-2H3,(H,17,19). The minimum absolute atomic E-state index is 0.0977. The lowest BCUT2D eigenvalue weighted by molar-refractivity contribution is -0.122. The first-order valence-electron chi connectivity index (χ1n) is 6.96. The molecule has 1 aliphatic carbocycles. The van der Waals surface area contributed by atoms with Gasteiger partial charge in [-0.2, -0.15) is 0 Å². The molecule has 0 aromatic heterocycles. The van der Waals surface area contributed by atoms with Gasteiger partial charge in [-0.25, -0.2) is 0 Å². The third kappa shape index (κ3) is 4.21. The van der Waals surface area contributed by atoms with Crippen molar-refractivity contribution in [2.75, 3.05) is 20.7 Å². The number of hydrogen-bond donors (Lipinski definition) is 2. The summed E-state index contributed by atoms with van der Waals surface area (Å²) in [5.41, 5.74) is 7.76. The van der Waals surface area contributed by atoms with E-state index in [1.54, 1.807) is 7.11 Å². The number of likely N-dealkylation sites (N-methyl/N-ethyl adjacent to an activating group) is 1. The van der Waals surface area contributed by atoms with Crippen LogP contribution in [0.15, 0.2) is 18.2 Å². The van der Waals surface area contributed by atoms with Crippen molar-refractivity contribution in [2.45, 2.75) is 32.0 Å². The van der Waals surface area contributed by atoms with Crippen LogP contribution in [0.1, 0.15) is 24.0 Å². The van der Waals surface area contributed by atoms with Gasteiger partial charge in [0, 0.05) is 24.7 Å². The molecule has 3 N–H and O–H groups in total. The Balaban J connectivity index is 1.89. The first kappa shape index (κ1) is 14.8. The number of rotatable bonds is 7. The maximum atomic E-state index is 11.7. The summed E-state index contributed by atoms with van der Waals surface area (Å²) in [6.07, 6.45) is 2.24. The molecule has 1 aromatic rings. The fourth-order valence-corrected chi connectivity index (χ4v) is 2.17. The van der Waals surface area contributed by atoms with E-state index in [0.29, 0.717) is 25.7 Å². The Labute approximate surface area is 120 Å². The highest BCUT2D eigenvalue weighted by Gasteiger charge is 2.23. The third-order valence-corrected chi connectivity index (χ3v) is 3.38. The predicted molar refractivity (Wildman–Crippen MR) is 78.4 cm³/mol. The average molecular weight is 277 g/mol. The van der Waals surface area contributed by atoms with Crippen molar-refractivity contribution >= 4 is 5.91 Å². The summed E-state index contributed by atoms with van der Waals surface area (Å²) >= 11 is 0. The largest absolute Gasteiger partial charge is 0.496 e. The quantitative estimate of drug-likeness (QED) is 0.776. The second-order valence-electron chi connectivity index (χ2n) is 5.36. The van der Waals surface area contributed by atoms with Crippen LogP contribution in [0.5, 0.6) is 5.75 Å². The van der Waals surface area contributed by atoms with Crippen molar-refractivity contribution in [1.29, 1.82) is 0 Å². The number of ether oxygens (including phenoxy) is 1. The molecule has 110 valence electrons. The van der Waals surface area contributed by atoms with Crippen molar-refractivity contribution in [3.63, 3.8) is 0 Å². The number of nitrogens with two attached hydrogens (primary N) is 1. The van der Waals surface area contributed by atoms with E-state index in [2.05, 4.69) is 5.32 Å². The van der Waals surface area contributed by atoms with Crippen LogP contribution in [-0.2, 0) is 17.9 Å². The van der Waals surface area contributed by atoms with E-state index >= 15 is 0 Å². The van der Waals surface area contributed by atoms with Gasteiger partial charge in [-0.05, 0) is 31.5 Å². The van der Waals surface area contributed by atoms with Gasteiger partial charge in [0.05, 0.1) is 13.7 Å². The summed E-state index contributed by atoms with van der Waals surface area (Å²) in [6.45, 7) is 1.58. The van der Waals surface area contributed by atoms with Crippen LogP contribution >= 0.6 is 0 Å². The van der Waals surface area contributed by atoms with Gasteiger partial charge in [0.1, 0.15) is 5.75 Å². The lowest BCUT2D eigenvalue weighted by Gasteiger charge is -2.17. The summed E-state index contributed by atoms with van der Waals surface area (Å²) < 4.78 is 5.32. The number of methoxy groups -OCH3 is 1. The van der Waals surface area contributed by atoms with Gasteiger partial charge >= 0.3 is 0 Å². The minimum Gasteiger partial charge on any atom is -0.496 e. The summed E-state index contributed by atoms with van der Waals surface area (Å²) in [6, 6.07) is 6.41. The first-order valence-corrected chi connectivity index (χ1v) is 6.96. The van der Waals surface area contributed by atoms with Gasteiger partial charge in [-0.3, -0.25) is 9.69 Å². The average Bonchev–Trinajstić information content (AvgIpc) is 3.22. The fraction of sp³-hybridized carbons (Fsp3) is 0.533. The SMILES string of the molecule is COc1cc(CN(C)CC(=O)NC2CC2)ccc1CN. The summed E-state index contributed by atoms with van der Waals surface area (Å²) in [5, 5.41) is 2.99. The molecule has 1 aliphatic rings. The highest BCUT2D eigenvalue weighted by molar-refractivity contribution is 5.78. The minimum atomic E-state index is 0.0977. The molecule has 0 aliphatic heterocycles. The number of carbonyl (C=O) groups excluding carboxylic acids is 1. The Morgan fingerprint density at radius 1 is 1.50 bits per heavy atom. The van der Waals surface area contributed by atoms with Crippen LogP contribution in [-0.4, -0.2) is 37.6 Å². The second kappa shape index (κ2) is 6.72. The first-order chi connectivity index (χ1) is 9.62. The second-order valence-corrected chi connectivity index (χ2v) is 5.36. The van der Waals surface area contributed by atoms with E-state index in [1.807, 2.05) is 30.1 Å². The predicted octanol–water partition coefficient (Wildman–Crippen LogP) is 0.864. The molecule has 2 rings (SSSR count). The van der Waals surface area contributed by atoms with Gasteiger partial charge in [-0.1, -0.05) is 12.1 Å². The molecule has 1 aromatic carbocycles. The van der Waals surface area contributed by atoms with Crippen molar-refractivity contribution < 1.29 is 9.53 Å². The molecule has 20 heavy (non-hydrogen) atoms. The number of benzene rings is 1. The van der Waals surface area contributed by atoms with Crippen molar-refractivity contribution in [1.82, 2.24) is 10.2 Å². The molecule has 0 saturated heterocycles. The molecule has 1 fully saturated rings. The highest BCUT2D eigenvalue weighted by atomic mass is 16.5. The molecule has 5 nitrogen and oxygen atoms in total. The van der Waals surface area contributed by atoms with Crippen LogP contribution in [0.25, 0.3) is 0 Å². The lowest BCUT2D eigenvalue weighted by atomic mass is 10.1. The van der Waals surface area contributed by atoms with Crippen molar-refractivity contribution in [3.05, 3.63) is 29.3 Å².